The number of nitriles is 1. The summed E-state index contributed by atoms with van der Waals surface area (Å²) in [7, 11) is 0. The van der Waals surface area contributed by atoms with Crippen molar-refractivity contribution in [3.63, 3.8) is 0 Å². The zero-order chi connectivity index (χ0) is 52.1. The molecule has 2 aromatic heterocycles. The van der Waals surface area contributed by atoms with Crippen LogP contribution >= 0.6 is 23.5 Å². The number of carbonyl (C=O) groups excluding carboxylic acids is 5. The van der Waals surface area contributed by atoms with E-state index in [-0.39, 0.29) is 72.9 Å². The first-order valence-corrected chi connectivity index (χ1v) is 26.4. The number of carbonyl (C=O) groups is 5. The van der Waals surface area contributed by atoms with E-state index in [9.17, 15) is 38.8 Å². The van der Waals surface area contributed by atoms with Crippen LogP contribution in [0.3, 0.4) is 0 Å². The van der Waals surface area contributed by atoms with Crippen LogP contribution in [0.15, 0.2) is 99.7 Å². The molecule has 1 aromatic carbocycles. The van der Waals surface area contributed by atoms with Gasteiger partial charge in [0.1, 0.15) is 40.2 Å². The summed E-state index contributed by atoms with van der Waals surface area (Å²) in [6, 6.07) is 10.5. The molecule has 1 aliphatic heterocycles. The summed E-state index contributed by atoms with van der Waals surface area (Å²) in [6.07, 6.45) is 15.6. The van der Waals surface area contributed by atoms with Gasteiger partial charge >= 0.3 is 41.1 Å². The Balaban J connectivity index is 1.04. The SMILES string of the molecule is C=CC(=O)OCCCCCCOC1CCC(c2ccc(C(=O)Oc3ccc(OC(=O)c4ccc(C5CCC(OCCCCCCOC(=O)C=C)CC5)oc4=O)c4c3SC(=C(C#N)C(=O)OCC)S4)c(=O)o2)CC1. The molecule has 73 heavy (non-hydrogen) atoms. The number of ether oxygens (including phenoxy) is 7. The van der Waals surface area contributed by atoms with Crippen LogP contribution in [0.2, 0.25) is 0 Å². The maximum atomic E-state index is 13.6. The molecule has 2 fully saturated rings. The first-order chi connectivity index (χ1) is 35.4. The van der Waals surface area contributed by atoms with E-state index < -0.39 is 41.1 Å². The second kappa shape index (κ2) is 28.9. The topological polar surface area (TPSA) is 234 Å². The number of hydrogen-bond acceptors (Lipinski definition) is 19. The van der Waals surface area contributed by atoms with Crippen LogP contribution < -0.4 is 20.7 Å². The van der Waals surface area contributed by atoms with Crippen molar-refractivity contribution in [3.8, 4) is 17.6 Å². The minimum Gasteiger partial charge on any atom is -0.463 e. The van der Waals surface area contributed by atoms with E-state index in [1.54, 1.807) is 19.1 Å². The van der Waals surface area contributed by atoms with Gasteiger partial charge in [-0.05, 0) is 133 Å². The third-order valence-corrected chi connectivity index (χ3v) is 15.1. The van der Waals surface area contributed by atoms with Gasteiger partial charge in [-0.1, -0.05) is 49.5 Å². The number of fused-ring (bicyclic) bond motifs is 1. The molecule has 19 heteroatoms. The van der Waals surface area contributed by atoms with Crippen molar-refractivity contribution in [2.45, 2.75) is 143 Å². The number of unbranched alkanes of at least 4 members (excludes halogenated alkanes) is 6. The van der Waals surface area contributed by atoms with E-state index in [0.717, 1.165) is 138 Å². The highest BCUT2D eigenvalue weighted by Gasteiger charge is 2.34. The minimum atomic E-state index is -1.02. The lowest BCUT2D eigenvalue weighted by Gasteiger charge is -2.27. The molecule has 3 aromatic rings. The van der Waals surface area contributed by atoms with Crippen molar-refractivity contribution in [2.24, 2.45) is 0 Å². The Morgan fingerprint density at radius 3 is 1.38 bits per heavy atom. The van der Waals surface area contributed by atoms with Crippen LogP contribution in [0.5, 0.6) is 11.5 Å². The highest BCUT2D eigenvalue weighted by Crippen LogP contribution is 2.59. The van der Waals surface area contributed by atoms with Crippen LogP contribution in [-0.2, 0) is 38.1 Å². The van der Waals surface area contributed by atoms with Crippen molar-refractivity contribution in [1.82, 2.24) is 0 Å². The van der Waals surface area contributed by atoms with E-state index in [4.69, 9.17) is 42.0 Å². The first-order valence-electron chi connectivity index (χ1n) is 24.8. The predicted molar refractivity (Wildman–Crippen MR) is 268 cm³/mol. The molecule has 6 rings (SSSR count). The lowest BCUT2D eigenvalue weighted by atomic mass is 9.85. The molecule has 0 spiro atoms. The van der Waals surface area contributed by atoms with Gasteiger partial charge < -0.3 is 42.0 Å². The molecule has 0 bridgehead atoms. The number of esters is 5. The van der Waals surface area contributed by atoms with E-state index in [1.807, 2.05) is 6.07 Å². The number of benzene rings is 1. The molecule has 0 saturated heterocycles. The van der Waals surface area contributed by atoms with Gasteiger partial charge in [-0.3, -0.25) is 0 Å². The fraction of sp³-hybridized carbons (Fsp3) is 0.481. The van der Waals surface area contributed by atoms with Gasteiger partial charge in [0, 0.05) is 37.2 Å². The molecule has 2 aliphatic carbocycles. The smallest absolute Gasteiger partial charge is 0.351 e. The molecule has 17 nitrogen and oxygen atoms in total. The quantitative estimate of drug-likeness (QED) is 0.0181. The Hall–Kier alpha value is -6.20. The van der Waals surface area contributed by atoms with Gasteiger partial charge in [0.2, 0.25) is 0 Å². The second-order valence-corrected chi connectivity index (χ2v) is 19.8. The van der Waals surface area contributed by atoms with E-state index in [2.05, 4.69) is 13.2 Å². The van der Waals surface area contributed by atoms with Crippen molar-refractivity contribution in [3.05, 3.63) is 115 Å². The van der Waals surface area contributed by atoms with Crippen LogP contribution in [0, 0.1) is 11.3 Å². The largest absolute Gasteiger partial charge is 0.463 e. The summed E-state index contributed by atoms with van der Waals surface area (Å²) in [5.74, 6) is -3.07. The molecular weight excluding hydrogens is 983 g/mol. The predicted octanol–water partition coefficient (Wildman–Crippen LogP) is 10.2. The van der Waals surface area contributed by atoms with Crippen molar-refractivity contribution < 1.29 is 66.0 Å². The summed E-state index contributed by atoms with van der Waals surface area (Å²) < 4.78 is 50.3. The highest BCUT2D eigenvalue weighted by atomic mass is 32.2. The lowest BCUT2D eigenvalue weighted by Crippen LogP contribution is -2.23. The highest BCUT2D eigenvalue weighted by molar-refractivity contribution is 8.24. The van der Waals surface area contributed by atoms with Crippen LogP contribution in [0.4, 0.5) is 0 Å². The zero-order valence-electron chi connectivity index (χ0n) is 41.0. The van der Waals surface area contributed by atoms with E-state index in [1.165, 1.54) is 24.3 Å². The van der Waals surface area contributed by atoms with Gasteiger partial charge in [0.25, 0.3) is 0 Å². The maximum absolute atomic E-state index is 13.6. The fourth-order valence-corrected chi connectivity index (χ4v) is 11.1. The molecule has 390 valence electrons. The molecule has 3 aliphatic rings. The van der Waals surface area contributed by atoms with Crippen molar-refractivity contribution in [1.29, 1.82) is 5.26 Å². The number of hydrogen-bond donors (Lipinski definition) is 0. The molecule has 0 radical (unpaired) electrons. The van der Waals surface area contributed by atoms with Crippen molar-refractivity contribution >= 4 is 53.4 Å². The van der Waals surface area contributed by atoms with Crippen LogP contribution in [0.25, 0.3) is 0 Å². The van der Waals surface area contributed by atoms with E-state index >= 15 is 0 Å². The van der Waals surface area contributed by atoms with Gasteiger partial charge in [0.05, 0.1) is 46.1 Å². The third-order valence-electron chi connectivity index (χ3n) is 12.5. The van der Waals surface area contributed by atoms with Crippen molar-refractivity contribution in [2.75, 3.05) is 33.0 Å². The Labute approximate surface area is 432 Å². The Kier molecular flexibility index (Phi) is 22.2. The molecule has 0 amide bonds. The van der Waals surface area contributed by atoms with E-state index in [0.29, 0.717) is 37.9 Å². The monoisotopic (exact) mass is 1040 g/mol. The van der Waals surface area contributed by atoms with Crippen LogP contribution in [0.1, 0.15) is 154 Å². The second-order valence-electron chi connectivity index (χ2n) is 17.5. The molecule has 3 heterocycles. The van der Waals surface area contributed by atoms with Crippen LogP contribution in [-0.4, -0.2) is 75.1 Å². The minimum absolute atomic E-state index is 0.00194. The first kappa shape index (κ1) is 56.1. The molecule has 0 atom stereocenters. The summed E-state index contributed by atoms with van der Waals surface area (Å²) >= 11 is 1.82. The summed E-state index contributed by atoms with van der Waals surface area (Å²) in [4.78, 5) is 89.2. The third kappa shape index (κ3) is 16.4. The average molecular weight is 1040 g/mol. The number of rotatable bonds is 26. The number of thioether (sulfide) groups is 2. The summed E-state index contributed by atoms with van der Waals surface area (Å²) in [5.41, 5.74) is -2.81. The summed E-state index contributed by atoms with van der Waals surface area (Å²) in [5, 5.41) is 9.96. The fourth-order valence-electron chi connectivity index (χ4n) is 8.58. The Morgan fingerprint density at radius 1 is 0.603 bits per heavy atom. The standard InChI is InChI=1S/C54H61NO16S2/c1-4-45(56)66-31-13-9-7-11-29-64-36-19-15-34(16-20-36)41-25-23-38(50(59)68-41)52(61)70-43-27-28-44(48-47(43)72-54(73-48)40(33-55)49(58)63-6-3)71-53(62)39-24-26-42(69-51(39)60)35-17-21-37(22-18-35)65-30-12-8-10-14-32-67-46(57)5-2/h4-5,23-28,34-37H,1-2,6-22,29-32H2,3H3. The lowest BCUT2D eigenvalue weighted by molar-refractivity contribution is -0.138. The molecule has 0 N–H and O–H groups in total. The normalized spacial score (nSPS) is 18.1. The average Bonchev–Trinajstić information content (AvgIpc) is 3.84. The maximum Gasteiger partial charge on any atom is 0.351 e. The summed E-state index contributed by atoms with van der Waals surface area (Å²) in [6.45, 7) is 10.4. The Morgan fingerprint density at radius 2 is 1.01 bits per heavy atom. The van der Waals surface area contributed by atoms with Gasteiger partial charge in [-0.2, -0.15) is 5.26 Å². The Bertz CT molecular complexity index is 2490. The van der Waals surface area contributed by atoms with Gasteiger partial charge in [0.15, 0.2) is 5.57 Å². The molecule has 2 saturated carbocycles. The zero-order valence-corrected chi connectivity index (χ0v) is 42.6. The molecular formula is C54H61NO16S2. The van der Waals surface area contributed by atoms with Gasteiger partial charge in [-0.15, -0.1) is 0 Å². The molecule has 0 unspecified atom stereocenters. The van der Waals surface area contributed by atoms with Gasteiger partial charge in [-0.25, -0.2) is 33.6 Å². The number of nitrogens with zero attached hydrogens (tertiary/aromatic N) is 1.